The van der Waals surface area contributed by atoms with Gasteiger partial charge in [-0.15, -0.1) is 11.3 Å². The lowest BCUT2D eigenvalue weighted by Gasteiger charge is -2.38. The molecule has 3 aromatic rings. The minimum Gasteiger partial charge on any atom is -0.481 e. The highest BCUT2D eigenvalue weighted by Gasteiger charge is 2.43. The summed E-state index contributed by atoms with van der Waals surface area (Å²) in [4.78, 5) is 54.7. The zero-order valence-corrected chi connectivity index (χ0v) is 28.6. The molecule has 2 aromatic carbocycles. The first-order valence-electron chi connectivity index (χ1n) is 16.2. The number of ether oxygens (including phenoxy) is 1. The SMILES string of the molecule is COC(=O)C1=C(CN2CCN3C(=O)N(c4ccc(N5CCC(C(=O)O)CC5)cc4F)C[C@@H]3C2)NC(c2nccs2)=NC1c1ccc(F)cc1Cl. The number of rotatable bonds is 8. The molecule has 3 fully saturated rings. The first kappa shape index (κ1) is 33.9. The van der Waals surface area contributed by atoms with Crippen molar-refractivity contribution in [1.82, 2.24) is 20.1 Å². The number of carboxylic acids is 1. The summed E-state index contributed by atoms with van der Waals surface area (Å²) in [6, 6.07) is 7.32. The molecule has 0 bridgehead atoms. The van der Waals surface area contributed by atoms with Crippen molar-refractivity contribution in [1.29, 1.82) is 0 Å². The van der Waals surface area contributed by atoms with Crippen LogP contribution < -0.4 is 15.1 Å². The number of piperidine rings is 1. The molecule has 12 nitrogen and oxygen atoms in total. The highest BCUT2D eigenvalue weighted by atomic mass is 35.5. The average Bonchev–Trinajstić information content (AvgIpc) is 3.76. The normalized spacial score (nSPS) is 21.6. The number of benzene rings is 2. The van der Waals surface area contributed by atoms with Crippen LogP contribution in [0.5, 0.6) is 0 Å². The van der Waals surface area contributed by atoms with Crippen LogP contribution in [0.4, 0.5) is 25.0 Å². The number of halogens is 3. The van der Waals surface area contributed by atoms with Crippen molar-refractivity contribution >= 4 is 58.1 Å². The third-order valence-electron chi connectivity index (χ3n) is 9.67. The topological polar surface area (TPSA) is 131 Å². The number of aromatic nitrogens is 1. The highest BCUT2D eigenvalue weighted by Crippen LogP contribution is 2.38. The number of esters is 1. The second kappa shape index (κ2) is 14.0. The number of methoxy groups -OCH3 is 1. The number of nitrogens with one attached hydrogen (secondary N) is 1. The van der Waals surface area contributed by atoms with Gasteiger partial charge in [-0.3, -0.25) is 19.6 Å². The quantitative estimate of drug-likeness (QED) is 0.322. The van der Waals surface area contributed by atoms with Gasteiger partial charge in [-0.05, 0) is 43.2 Å². The van der Waals surface area contributed by atoms with E-state index in [9.17, 15) is 23.9 Å². The summed E-state index contributed by atoms with van der Waals surface area (Å²) in [6.07, 6.45) is 2.62. The van der Waals surface area contributed by atoms with Crippen LogP contribution in [0.25, 0.3) is 0 Å². The summed E-state index contributed by atoms with van der Waals surface area (Å²) in [5, 5.41) is 15.1. The van der Waals surface area contributed by atoms with Gasteiger partial charge < -0.3 is 25.0 Å². The summed E-state index contributed by atoms with van der Waals surface area (Å²) < 4.78 is 34.8. The van der Waals surface area contributed by atoms with E-state index in [1.807, 2.05) is 4.90 Å². The predicted molar refractivity (Wildman–Crippen MR) is 184 cm³/mol. The molecule has 50 heavy (non-hydrogen) atoms. The maximum Gasteiger partial charge on any atom is 0.338 e. The largest absolute Gasteiger partial charge is 0.481 e. The smallest absolute Gasteiger partial charge is 0.338 e. The molecule has 16 heteroatoms. The Kier molecular flexibility index (Phi) is 9.46. The molecule has 0 aliphatic carbocycles. The van der Waals surface area contributed by atoms with E-state index in [-0.39, 0.29) is 41.4 Å². The molecular formula is C34H34ClF2N7O5S. The molecular weight excluding hydrogens is 692 g/mol. The molecule has 1 aromatic heterocycles. The lowest BCUT2D eigenvalue weighted by molar-refractivity contribution is -0.142. The van der Waals surface area contributed by atoms with Crippen LogP contribution in [0.3, 0.4) is 0 Å². The van der Waals surface area contributed by atoms with Crippen molar-refractivity contribution in [3.05, 3.63) is 86.5 Å². The molecule has 3 saturated heterocycles. The van der Waals surface area contributed by atoms with E-state index >= 15 is 4.39 Å². The van der Waals surface area contributed by atoms with Gasteiger partial charge in [-0.2, -0.15) is 0 Å². The van der Waals surface area contributed by atoms with E-state index in [1.165, 1.54) is 47.6 Å². The Balaban J connectivity index is 1.10. The standard InChI is InChI=1S/C34H34ClF2N7O5S/c1-49-33(47)28-26(39-30(31-38-8-13-50-31)40-29(28)23-4-2-20(36)14-24(23)35)18-41-11-12-43-22(16-41)17-44(34(43)48)27-5-3-21(15-25(27)37)42-9-6-19(7-10-42)32(45)46/h2-5,8,13-15,19,22,29H,6-7,9-12,16-18H2,1H3,(H,39,40)(H,45,46)/t22-,29?/m0/s1. The number of aliphatic carboxylic acids is 1. The molecule has 0 radical (unpaired) electrons. The van der Waals surface area contributed by atoms with Gasteiger partial charge in [-0.1, -0.05) is 17.7 Å². The molecule has 2 amide bonds. The monoisotopic (exact) mass is 725 g/mol. The summed E-state index contributed by atoms with van der Waals surface area (Å²) in [5.74, 6) is -2.43. The van der Waals surface area contributed by atoms with Crippen molar-refractivity contribution < 1.29 is 33.0 Å². The molecule has 0 spiro atoms. The van der Waals surface area contributed by atoms with Gasteiger partial charge in [0.2, 0.25) is 0 Å². The fraction of sp³-hybridized carbons (Fsp3) is 0.382. The zero-order valence-electron chi connectivity index (χ0n) is 27.0. The minimum absolute atomic E-state index is 0.112. The van der Waals surface area contributed by atoms with Crippen molar-refractivity contribution in [3.8, 4) is 0 Å². The summed E-state index contributed by atoms with van der Waals surface area (Å²) in [7, 11) is 1.28. The van der Waals surface area contributed by atoms with E-state index in [2.05, 4.69) is 15.2 Å². The first-order valence-corrected chi connectivity index (χ1v) is 17.5. The van der Waals surface area contributed by atoms with Gasteiger partial charge in [-0.25, -0.2) is 23.4 Å². The van der Waals surface area contributed by atoms with E-state index in [0.29, 0.717) is 73.4 Å². The Morgan fingerprint density at radius 3 is 2.58 bits per heavy atom. The van der Waals surface area contributed by atoms with Crippen LogP contribution in [-0.4, -0.2) is 103 Å². The second-order valence-corrected chi connectivity index (χ2v) is 13.9. The number of amidine groups is 1. The number of anilines is 2. The van der Waals surface area contributed by atoms with Gasteiger partial charge in [0, 0.05) is 79.4 Å². The van der Waals surface area contributed by atoms with Crippen LogP contribution in [0.2, 0.25) is 5.02 Å². The Bertz CT molecular complexity index is 1880. The van der Waals surface area contributed by atoms with E-state index in [0.717, 1.165) is 0 Å². The van der Waals surface area contributed by atoms with Crippen molar-refractivity contribution in [3.63, 3.8) is 0 Å². The molecule has 7 rings (SSSR count). The number of carbonyl (C=O) groups excluding carboxylic acids is 2. The average molecular weight is 726 g/mol. The second-order valence-electron chi connectivity index (χ2n) is 12.6. The Morgan fingerprint density at radius 2 is 1.90 bits per heavy atom. The van der Waals surface area contributed by atoms with Crippen molar-refractivity contribution in [2.24, 2.45) is 10.9 Å². The zero-order chi connectivity index (χ0) is 35.1. The van der Waals surface area contributed by atoms with E-state index < -0.39 is 35.5 Å². The summed E-state index contributed by atoms with van der Waals surface area (Å²) in [5.41, 5.74) is 2.02. The number of nitrogens with zero attached hydrogens (tertiary/aromatic N) is 6. The minimum atomic E-state index is -0.898. The molecule has 1 unspecified atom stereocenters. The predicted octanol–water partition coefficient (Wildman–Crippen LogP) is 4.52. The van der Waals surface area contributed by atoms with Crippen LogP contribution in [0.1, 0.15) is 29.5 Å². The fourth-order valence-electron chi connectivity index (χ4n) is 7.10. The van der Waals surface area contributed by atoms with Crippen LogP contribution in [0.15, 0.2) is 64.2 Å². The molecule has 262 valence electrons. The Hall–Kier alpha value is -4.60. The molecule has 2 atom stereocenters. The van der Waals surface area contributed by atoms with Crippen LogP contribution in [-0.2, 0) is 14.3 Å². The maximum atomic E-state index is 15.6. The van der Waals surface area contributed by atoms with E-state index in [1.54, 1.807) is 28.6 Å². The third-order valence-corrected chi connectivity index (χ3v) is 10.8. The van der Waals surface area contributed by atoms with E-state index in [4.69, 9.17) is 21.3 Å². The number of fused-ring (bicyclic) bond motifs is 1. The van der Waals surface area contributed by atoms with Gasteiger partial charge >= 0.3 is 18.0 Å². The molecule has 2 N–H and O–H groups in total. The van der Waals surface area contributed by atoms with Gasteiger partial charge in [0.25, 0.3) is 0 Å². The van der Waals surface area contributed by atoms with Crippen LogP contribution in [0, 0.1) is 17.6 Å². The third kappa shape index (κ3) is 6.52. The Morgan fingerprint density at radius 1 is 1.10 bits per heavy atom. The maximum absolute atomic E-state index is 15.6. The molecule has 4 aliphatic heterocycles. The Labute approximate surface area is 295 Å². The number of hydrogen-bond acceptors (Lipinski definition) is 10. The highest BCUT2D eigenvalue weighted by molar-refractivity contribution is 7.11. The lowest BCUT2D eigenvalue weighted by atomic mass is 9.95. The van der Waals surface area contributed by atoms with Crippen molar-refractivity contribution in [2.45, 2.75) is 24.9 Å². The molecule has 5 heterocycles. The first-order chi connectivity index (χ1) is 24.1. The molecule has 0 saturated carbocycles. The number of carbonyl (C=O) groups is 3. The number of piperazine rings is 1. The van der Waals surface area contributed by atoms with Gasteiger partial charge in [0.05, 0.1) is 30.3 Å². The van der Waals surface area contributed by atoms with Gasteiger partial charge in [0.15, 0.2) is 10.8 Å². The number of hydrogen-bond donors (Lipinski definition) is 2. The van der Waals surface area contributed by atoms with Crippen LogP contribution >= 0.6 is 22.9 Å². The van der Waals surface area contributed by atoms with Crippen molar-refractivity contribution in [2.75, 3.05) is 62.7 Å². The fourth-order valence-corrected chi connectivity index (χ4v) is 7.96. The lowest BCUT2D eigenvalue weighted by Crippen LogP contribution is -2.53. The van der Waals surface area contributed by atoms with Gasteiger partial charge in [0.1, 0.15) is 17.7 Å². The number of aliphatic imine (C=N–C) groups is 1. The number of thiazole rings is 1. The number of carboxylic acid groups (broad SMARTS) is 1. The number of urea groups is 1. The number of amides is 2. The molecule has 4 aliphatic rings. The summed E-state index contributed by atoms with van der Waals surface area (Å²) >= 11 is 7.85. The summed E-state index contributed by atoms with van der Waals surface area (Å²) in [6.45, 7) is 2.89.